The smallest absolute Gasteiger partial charge is 0.316 e. The minimum Gasteiger partial charge on any atom is -0.396 e. The van der Waals surface area contributed by atoms with Gasteiger partial charge in [-0.05, 0) is 48.8 Å². The summed E-state index contributed by atoms with van der Waals surface area (Å²) < 4.78 is 0. The molecule has 1 aromatic carbocycles. The zero-order valence-corrected chi connectivity index (χ0v) is 14.2. The third kappa shape index (κ3) is 4.32. The van der Waals surface area contributed by atoms with Crippen LogP contribution in [0.2, 0.25) is 0 Å². The highest BCUT2D eigenvalue weighted by atomic mass is 16.3. The fraction of sp³-hybridized carbons (Fsp3) is 0.556. The molecule has 1 aliphatic rings. The van der Waals surface area contributed by atoms with Crippen molar-refractivity contribution in [2.75, 3.05) is 24.6 Å². The molecule has 126 valence electrons. The SMILES string of the molecule is Cc1ccc2c(c1)N(C(=O)C(=O)NCCCC(C)(C)CO)CC2. The summed E-state index contributed by atoms with van der Waals surface area (Å²) in [6.45, 7) is 7.05. The predicted octanol–water partition coefficient (Wildman–Crippen LogP) is 1.80. The zero-order chi connectivity index (χ0) is 17.0. The van der Waals surface area contributed by atoms with Crippen LogP contribution in [0.25, 0.3) is 0 Å². The molecule has 2 N–H and O–H groups in total. The van der Waals surface area contributed by atoms with Gasteiger partial charge in [-0.3, -0.25) is 9.59 Å². The van der Waals surface area contributed by atoms with Crippen LogP contribution in [-0.4, -0.2) is 36.6 Å². The van der Waals surface area contributed by atoms with E-state index < -0.39 is 11.8 Å². The first kappa shape index (κ1) is 17.5. The molecule has 0 spiro atoms. The van der Waals surface area contributed by atoms with E-state index in [1.165, 1.54) is 0 Å². The van der Waals surface area contributed by atoms with Crippen molar-refractivity contribution in [3.8, 4) is 0 Å². The maximum absolute atomic E-state index is 12.3. The van der Waals surface area contributed by atoms with Gasteiger partial charge >= 0.3 is 11.8 Å². The molecule has 2 rings (SSSR count). The molecule has 1 aromatic rings. The topological polar surface area (TPSA) is 69.6 Å². The minimum absolute atomic E-state index is 0.115. The first-order valence-corrected chi connectivity index (χ1v) is 8.14. The molecule has 0 saturated heterocycles. The van der Waals surface area contributed by atoms with Crippen molar-refractivity contribution in [1.82, 2.24) is 5.32 Å². The number of amides is 2. The monoisotopic (exact) mass is 318 g/mol. The van der Waals surface area contributed by atoms with Gasteiger partial charge in [0, 0.05) is 25.4 Å². The Labute approximate surface area is 137 Å². The van der Waals surface area contributed by atoms with Gasteiger partial charge in [-0.15, -0.1) is 0 Å². The Balaban J connectivity index is 1.87. The predicted molar refractivity (Wildman–Crippen MR) is 90.3 cm³/mol. The van der Waals surface area contributed by atoms with Crippen LogP contribution < -0.4 is 10.2 Å². The Hall–Kier alpha value is -1.88. The summed E-state index contributed by atoms with van der Waals surface area (Å²) in [4.78, 5) is 26.0. The maximum Gasteiger partial charge on any atom is 0.316 e. The summed E-state index contributed by atoms with van der Waals surface area (Å²) in [7, 11) is 0. The molecule has 0 saturated carbocycles. The molecular formula is C18H26N2O3. The number of anilines is 1. The molecule has 1 heterocycles. The molecule has 23 heavy (non-hydrogen) atoms. The van der Waals surface area contributed by atoms with Crippen molar-refractivity contribution >= 4 is 17.5 Å². The highest BCUT2D eigenvalue weighted by Crippen LogP contribution is 2.29. The Morgan fingerprint density at radius 2 is 2.09 bits per heavy atom. The number of aryl methyl sites for hydroxylation is 1. The molecule has 5 nitrogen and oxygen atoms in total. The third-order valence-corrected chi connectivity index (χ3v) is 4.32. The summed E-state index contributed by atoms with van der Waals surface area (Å²) in [6, 6.07) is 6.00. The van der Waals surface area contributed by atoms with Crippen LogP contribution in [0.5, 0.6) is 0 Å². The van der Waals surface area contributed by atoms with E-state index in [9.17, 15) is 14.7 Å². The van der Waals surface area contributed by atoms with Crippen LogP contribution in [0.1, 0.15) is 37.8 Å². The van der Waals surface area contributed by atoms with E-state index in [0.29, 0.717) is 13.1 Å². The molecule has 0 aliphatic carbocycles. The Morgan fingerprint density at radius 1 is 1.35 bits per heavy atom. The van der Waals surface area contributed by atoms with E-state index in [-0.39, 0.29) is 12.0 Å². The highest BCUT2D eigenvalue weighted by molar-refractivity contribution is 6.40. The molecule has 0 atom stereocenters. The van der Waals surface area contributed by atoms with Gasteiger partial charge in [0.05, 0.1) is 0 Å². The van der Waals surface area contributed by atoms with E-state index in [0.717, 1.165) is 36.1 Å². The highest BCUT2D eigenvalue weighted by Gasteiger charge is 2.29. The number of carbonyl (C=O) groups excluding carboxylic acids is 2. The van der Waals surface area contributed by atoms with Crippen molar-refractivity contribution < 1.29 is 14.7 Å². The molecule has 1 aliphatic heterocycles. The number of rotatable bonds is 5. The van der Waals surface area contributed by atoms with Crippen molar-refractivity contribution in [2.24, 2.45) is 5.41 Å². The number of hydrogen-bond acceptors (Lipinski definition) is 3. The number of fused-ring (bicyclic) bond motifs is 1. The minimum atomic E-state index is -0.554. The zero-order valence-electron chi connectivity index (χ0n) is 14.2. The van der Waals surface area contributed by atoms with Crippen molar-refractivity contribution in [2.45, 2.75) is 40.0 Å². The lowest BCUT2D eigenvalue weighted by molar-refractivity contribution is -0.137. The van der Waals surface area contributed by atoms with Crippen LogP contribution in [0.15, 0.2) is 18.2 Å². The summed E-state index contributed by atoms with van der Waals surface area (Å²) >= 11 is 0. The lowest BCUT2D eigenvalue weighted by Gasteiger charge is -2.21. The fourth-order valence-electron chi connectivity index (χ4n) is 2.75. The van der Waals surface area contributed by atoms with Gasteiger partial charge in [0.15, 0.2) is 0 Å². The molecule has 0 unspecified atom stereocenters. The van der Waals surface area contributed by atoms with Gasteiger partial charge < -0.3 is 15.3 Å². The number of aliphatic hydroxyl groups is 1. The van der Waals surface area contributed by atoms with Gasteiger partial charge in [-0.1, -0.05) is 26.0 Å². The second-order valence-electron chi connectivity index (χ2n) is 7.02. The summed E-state index contributed by atoms with van der Waals surface area (Å²) in [5, 5.41) is 11.9. The van der Waals surface area contributed by atoms with Gasteiger partial charge in [0.2, 0.25) is 0 Å². The van der Waals surface area contributed by atoms with E-state index in [1.54, 1.807) is 4.90 Å². The number of benzene rings is 1. The standard InChI is InChI=1S/C18H26N2O3/c1-13-5-6-14-7-10-20(15(14)11-13)17(23)16(22)19-9-4-8-18(2,3)12-21/h5-6,11,21H,4,7-10,12H2,1-3H3,(H,19,22). The number of aliphatic hydroxyl groups excluding tert-OH is 1. The quantitative estimate of drug-likeness (QED) is 0.642. The molecule has 0 radical (unpaired) electrons. The number of carbonyl (C=O) groups is 2. The number of nitrogens with one attached hydrogen (secondary N) is 1. The molecule has 5 heteroatoms. The lowest BCUT2D eigenvalue weighted by Crippen LogP contribution is -2.42. The lowest BCUT2D eigenvalue weighted by atomic mass is 9.89. The second kappa shape index (κ2) is 7.13. The van der Waals surface area contributed by atoms with Crippen LogP contribution in [0.3, 0.4) is 0 Å². The van der Waals surface area contributed by atoms with E-state index >= 15 is 0 Å². The van der Waals surface area contributed by atoms with Gasteiger partial charge in [0.1, 0.15) is 0 Å². The van der Waals surface area contributed by atoms with Crippen LogP contribution in [0, 0.1) is 12.3 Å². The third-order valence-electron chi connectivity index (χ3n) is 4.32. The van der Waals surface area contributed by atoms with Crippen molar-refractivity contribution in [1.29, 1.82) is 0 Å². The Kier molecular flexibility index (Phi) is 5.42. The van der Waals surface area contributed by atoms with Crippen LogP contribution in [0.4, 0.5) is 5.69 Å². The second-order valence-corrected chi connectivity index (χ2v) is 7.02. The molecular weight excluding hydrogens is 292 g/mol. The van der Waals surface area contributed by atoms with Crippen LogP contribution >= 0.6 is 0 Å². The molecule has 0 fully saturated rings. The number of nitrogens with zero attached hydrogens (tertiary/aromatic N) is 1. The summed E-state index contributed by atoms with van der Waals surface area (Å²) in [5.74, 6) is -1.04. The average molecular weight is 318 g/mol. The average Bonchev–Trinajstić information content (AvgIpc) is 2.93. The van der Waals surface area contributed by atoms with Gasteiger partial charge in [-0.2, -0.15) is 0 Å². The van der Waals surface area contributed by atoms with Crippen molar-refractivity contribution in [3.05, 3.63) is 29.3 Å². The summed E-state index contributed by atoms with van der Waals surface area (Å²) in [5.41, 5.74) is 2.89. The van der Waals surface area contributed by atoms with Crippen LogP contribution in [-0.2, 0) is 16.0 Å². The largest absolute Gasteiger partial charge is 0.396 e. The Bertz CT molecular complexity index is 596. The number of hydrogen-bond donors (Lipinski definition) is 2. The summed E-state index contributed by atoms with van der Waals surface area (Å²) in [6.07, 6.45) is 2.32. The molecule has 0 bridgehead atoms. The normalized spacial score (nSPS) is 13.8. The van der Waals surface area contributed by atoms with Gasteiger partial charge in [0.25, 0.3) is 0 Å². The first-order valence-electron chi connectivity index (χ1n) is 8.14. The van der Waals surface area contributed by atoms with E-state index in [2.05, 4.69) is 5.32 Å². The first-order chi connectivity index (χ1) is 10.8. The van der Waals surface area contributed by atoms with Gasteiger partial charge in [-0.25, -0.2) is 0 Å². The van der Waals surface area contributed by atoms with E-state index in [4.69, 9.17) is 0 Å². The van der Waals surface area contributed by atoms with E-state index in [1.807, 2.05) is 39.0 Å². The maximum atomic E-state index is 12.3. The molecule has 0 aromatic heterocycles. The van der Waals surface area contributed by atoms with Crippen molar-refractivity contribution in [3.63, 3.8) is 0 Å². The Morgan fingerprint density at radius 3 is 2.78 bits per heavy atom. The molecule has 2 amide bonds. The fourth-order valence-corrected chi connectivity index (χ4v) is 2.75.